The molecule has 11 heteroatoms. The third-order valence-corrected chi connectivity index (χ3v) is 2.88. The molecular formula is C16H25Cl7N3Sb. The molecule has 0 saturated heterocycles. The number of rotatable bonds is 5. The number of benzene rings is 1. The van der Waals surface area contributed by atoms with Gasteiger partial charge in [0.25, 0.3) is 5.66 Å². The fourth-order valence-electron chi connectivity index (χ4n) is 1.93. The van der Waals surface area contributed by atoms with Crippen LogP contribution in [0.2, 0.25) is 0 Å². The summed E-state index contributed by atoms with van der Waals surface area (Å²) >= 11 is 6.09. The van der Waals surface area contributed by atoms with Crippen LogP contribution in [0.3, 0.4) is 0 Å². The summed E-state index contributed by atoms with van der Waals surface area (Å²) in [5, 5.41) is 8.63. The Bertz CT molecular complexity index is 662. The Balaban J connectivity index is 0.000000821. The second kappa shape index (κ2) is 9.23. The van der Waals surface area contributed by atoms with E-state index >= 15 is 0 Å². The van der Waals surface area contributed by atoms with Crippen molar-refractivity contribution in [3.8, 4) is 0 Å². The van der Waals surface area contributed by atoms with Crippen molar-refractivity contribution in [2.75, 3.05) is 0 Å². The standard InChI is InChI=1S/C16H25ClN3.6ClH.Sb/c1-13(2)20(12-14-10-8-7-9-11-14)16(5,6)19-18-15(3,4)17;;;;;;;/h7-13H,1-6H3;6*1H;/q+1;;;;;;;+5/p-6/b19-18+,20-12+;;;;;;;. The van der Waals surface area contributed by atoms with Gasteiger partial charge in [-0.05, 0) is 39.8 Å². The maximum atomic E-state index is 6.09. The molecule has 0 amide bonds. The summed E-state index contributed by atoms with van der Waals surface area (Å²) in [6.45, 7) is 12.0. The molecule has 0 aliphatic carbocycles. The van der Waals surface area contributed by atoms with E-state index < -0.39 is 19.8 Å². The first-order valence-electron chi connectivity index (χ1n) is 7.94. The van der Waals surface area contributed by atoms with Crippen LogP contribution in [0.25, 0.3) is 0 Å². The zero-order valence-electron chi connectivity index (χ0n) is 16.0. The fraction of sp³-hybridized carbons (Fsp3) is 0.562. The molecular weight excluding hydrogens is 604 g/mol. The van der Waals surface area contributed by atoms with E-state index in [4.69, 9.17) is 64.6 Å². The molecule has 0 atom stereocenters. The molecule has 158 valence electrons. The van der Waals surface area contributed by atoms with Gasteiger partial charge in [-0.3, -0.25) is 0 Å². The van der Waals surface area contributed by atoms with Gasteiger partial charge < -0.3 is 0 Å². The number of azo groups is 1. The summed E-state index contributed by atoms with van der Waals surface area (Å²) in [6, 6.07) is 10.5. The van der Waals surface area contributed by atoms with Gasteiger partial charge in [0.05, 0.1) is 0 Å². The third kappa shape index (κ3) is 19.1. The quantitative estimate of drug-likeness (QED) is 0.0782. The van der Waals surface area contributed by atoms with Crippen molar-refractivity contribution >= 4 is 79.9 Å². The zero-order valence-corrected chi connectivity index (χ0v) is 23.8. The fourth-order valence-corrected chi connectivity index (χ4v) is 1.97. The molecule has 3 nitrogen and oxygen atoms in total. The second-order valence-electron chi connectivity index (χ2n) is 7.10. The average molecular weight is 629 g/mol. The van der Waals surface area contributed by atoms with Gasteiger partial charge in [0, 0.05) is 19.4 Å². The first-order valence-corrected chi connectivity index (χ1v) is 27.7. The molecule has 0 fully saturated rings. The van der Waals surface area contributed by atoms with E-state index in [9.17, 15) is 0 Å². The van der Waals surface area contributed by atoms with Gasteiger partial charge in [0.2, 0.25) is 0 Å². The Hall–Kier alpha value is 1.34. The molecule has 1 aromatic rings. The van der Waals surface area contributed by atoms with E-state index in [1.165, 1.54) is 0 Å². The summed E-state index contributed by atoms with van der Waals surface area (Å²) in [5.74, 6) is 0. The summed E-state index contributed by atoms with van der Waals surface area (Å²) in [6.07, 6.45) is 2.12. The van der Waals surface area contributed by atoms with Gasteiger partial charge in [-0.1, -0.05) is 29.8 Å². The van der Waals surface area contributed by atoms with Crippen molar-refractivity contribution in [3.05, 3.63) is 35.9 Å². The van der Waals surface area contributed by atoms with E-state index in [1.807, 2.05) is 45.9 Å². The van der Waals surface area contributed by atoms with Crippen molar-refractivity contribution in [2.24, 2.45) is 10.2 Å². The van der Waals surface area contributed by atoms with Gasteiger partial charge in [0.1, 0.15) is 11.0 Å². The average Bonchev–Trinajstić information content (AvgIpc) is 2.39. The SMILES string of the molecule is CC(C)/[N+](=C\c1ccccc1)C(C)(C)/N=N/C(C)(C)Cl.[Cl][Sb-]([Cl])([Cl])([Cl])([Cl])[Cl]. The Morgan fingerprint density at radius 2 is 1.30 bits per heavy atom. The molecule has 1 aromatic carbocycles. The molecule has 27 heavy (non-hydrogen) atoms. The Morgan fingerprint density at radius 1 is 0.889 bits per heavy atom. The van der Waals surface area contributed by atoms with Gasteiger partial charge >= 0.3 is 62.1 Å². The summed E-state index contributed by atoms with van der Waals surface area (Å²) < 4.78 is 2.19. The molecule has 0 bridgehead atoms. The van der Waals surface area contributed by atoms with Crippen LogP contribution < -0.4 is 0 Å². The van der Waals surface area contributed by atoms with Crippen LogP contribution in [0, 0.1) is 0 Å². The number of alkyl halides is 1. The third-order valence-electron chi connectivity index (χ3n) is 2.81. The van der Waals surface area contributed by atoms with Crippen LogP contribution in [0.15, 0.2) is 40.6 Å². The van der Waals surface area contributed by atoms with Crippen LogP contribution in [-0.2, 0) is 0 Å². The van der Waals surface area contributed by atoms with Gasteiger partial charge in [0.15, 0.2) is 6.21 Å². The summed E-state index contributed by atoms with van der Waals surface area (Å²) in [5.41, 5.74) is 0.700. The van der Waals surface area contributed by atoms with Crippen LogP contribution >= 0.6 is 64.6 Å². The number of halogens is 7. The van der Waals surface area contributed by atoms with Crippen molar-refractivity contribution in [3.63, 3.8) is 0 Å². The monoisotopic (exact) mass is 625 g/mol. The molecule has 0 unspecified atom stereocenters. The van der Waals surface area contributed by atoms with Crippen LogP contribution in [-0.4, -0.2) is 36.6 Å². The van der Waals surface area contributed by atoms with E-state index in [0.29, 0.717) is 6.04 Å². The number of hydrogen-bond donors (Lipinski definition) is 0. The van der Waals surface area contributed by atoms with E-state index in [-0.39, 0.29) is 0 Å². The Kier molecular flexibility index (Phi) is 9.68. The minimum atomic E-state index is -5.42. The van der Waals surface area contributed by atoms with E-state index in [2.05, 4.69) is 47.0 Å². The first-order chi connectivity index (χ1) is 11.6. The predicted octanol–water partition coefficient (Wildman–Crippen LogP) is 8.45. The van der Waals surface area contributed by atoms with Crippen LogP contribution in [0.1, 0.15) is 47.1 Å². The van der Waals surface area contributed by atoms with Crippen LogP contribution in [0.4, 0.5) is 0 Å². The molecule has 0 saturated carbocycles. The minimum absolute atomic E-state index is 0.308. The molecule has 0 N–H and O–H groups in total. The molecule has 0 aliphatic rings. The molecule has 0 spiro atoms. The molecule has 0 aliphatic heterocycles. The van der Waals surface area contributed by atoms with Gasteiger partial charge in [-0.2, -0.15) is 5.11 Å². The van der Waals surface area contributed by atoms with Crippen molar-refractivity contribution in [1.29, 1.82) is 0 Å². The predicted molar refractivity (Wildman–Crippen MR) is 127 cm³/mol. The molecule has 0 heterocycles. The summed E-state index contributed by atoms with van der Waals surface area (Å²) in [7, 11) is 25.0. The topological polar surface area (TPSA) is 27.7 Å². The molecule has 1 rings (SSSR count). The van der Waals surface area contributed by atoms with Gasteiger partial charge in [-0.15, -0.1) is 5.11 Å². The Labute approximate surface area is 187 Å². The van der Waals surface area contributed by atoms with Crippen molar-refractivity contribution in [1.82, 2.24) is 0 Å². The number of hydrogen-bond acceptors (Lipinski definition) is 2. The second-order valence-corrected chi connectivity index (χ2v) is 64.9. The summed E-state index contributed by atoms with van der Waals surface area (Å²) in [4.78, 5) is -0.674. The van der Waals surface area contributed by atoms with Gasteiger partial charge in [-0.25, -0.2) is 4.58 Å². The van der Waals surface area contributed by atoms with Crippen LogP contribution in [0.5, 0.6) is 0 Å². The first kappa shape index (κ1) is 28.3. The van der Waals surface area contributed by atoms with E-state index in [0.717, 1.165) is 5.56 Å². The molecule has 0 aromatic heterocycles. The normalized spacial score (nSPS) is 16.6. The van der Waals surface area contributed by atoms with Crippen molar-refractivity contribution < 1.29 is 4.58 Å². The molecule has 0 radical (unpaired) electrons. The zero-order chi connectivity index (χ0) is 21.8. The van der Waals surface area contributed by atoms with Crippen molar-refractivity contribution in [2.45, 2.75) is 58.2 Å². The maximum absolute atomic E-state index is 6.09. The number of nitrogens with zero attached hydrogens (tertiary/aromatic N) is 3. The van der Waals surface area contributed by atoms with E-state index in [1.54, 1.807) is 0 Å². The Morgan fingerprint density at radius 3 is 1.63 bits per heavy atom.